The van der Waals surface area contributed by atoms with E-state index in [-0.39, 0.29) is 6.04 Å². The van der Waals surface area contributed by atoms with Gasteiger partial charge in [-0.25, -0.2) is 19.9 Å². The predicted molar refractivity (Wildman–Crippen MR) is 95.4 cm³/mol. The summed E-state index contributed by atoms with van der Waals surface area (Å²) in [7, 11) is 0. The molecule has 25 heavy (non-hydrogen) atoms. The monoisotopic (exact) mass is 340 g/mol. The quantitative estimate of drug-likeness (QED) is 0.785. The van der Waals surface area contributed by atoms with E-state index >= 15 is 0 Å². The van der Waals surface area contributed by atoms with E-state index in [9.17, 15) is 0 Å². The van der Waals surface area contributed by atoms with E-state index in [1.807, 2.05) is 10.9 Å². The molecule has 0 saturated carbocycles. The summed E-state index contributed by atoms with van der Waals surface area (Å²) in [6.45, 7) is 8.09. The molecule has 1 fully saturated rings. The van der Waals surface area contributed by atoms with Crippen molar-refractivity contribution in [3.05, 3.63) is 24.3 Å². The molecular formula is C17H24N8. The molecule has 0 unspecified atom stereocenters. The van der Waals surface area contributed by atoms with Crippen molar-refractivity contribution in [3.63, 3.8) is 0 Å². The van der Waals surface area contributed by atoms with E-state index in [2.05, 4.69) is 50.8 Å². The van der Waals surface area contributed by atoms with Gasteiger partial charge in [-0.05, 0) is 26.2 Å². The largest absolute Gasteiger partial charge is 0.344 e. The molecule has 8 nitrogen and oxygen atoms in total. The van der Waals surface area contributed by atoms with Crippen LogP contribution in [-0.2, 0) is 6.54 Å². The molecule has 1 aliphatic rings. The van der Waals surface area contributed by atoms with Crippen LogP contribution in [0.1, 0.15) is 63.6 Å². The summed E-state index contributed by atoms with van der Waals surface area (Å²) < 4.78 is 2.05. The van der Waals surface area contributed by atoms with Gasteiger partial charge in [0.25, 0.3) is 0 Å². The first kappa shape index (κ1) is 16.0. The molecule has 4 rings (SSSR count). The van der Waals surface area contributed by atoms with Crippen molar-refractivity contribution in [2.45, 2.75) is 58.5 Å². The standard InChI is InChI=1S/C17H24N8/c1-4-24-10-20-13-16(24)18-9-19-17(13)25-8-6-5-7-12(25)15-21-14(11(2)3)22-23-15/h9-12H,4-8H2,1-3H3,(H,21,22,23)/t12-/m0/s1. The molecule has 1 N–H and O–H groups in total. The molecule has 4 heterocycles. The Balaban J connectivity index is 1.75. The zero-order valence-electron chi connectivity index (χ0n) is 15.0. The summed E-state index contributed by atoms with van der Waals surface area (Å²) in [5.41, 5.74) is 1.75. The number of hydrogen-bond acceptors (Lipinski definition) is 6. The van der Waals surface area contributed by atoms with Crippen molar-refractivity contribution in [1.82, 2.24) is 34.7 Å². The highest BCUT2D eigenvalue weighted by atomic mass is 15.3. The van der Waals surface area contributed by atoms with E-state index in [1.165, 1.54) is 6.42 Å². The summed E-state index contributed by atoms with van der Waals surface area (Å²) in [4.78, 5) is 20.6. The van der Waals surface area contributed by atoms with Crippen LogP contribution in [0.4, 0.5) is 5.82 Å². The fourth-order valence-corrected chi connectivity index (χ4v) is 3.47. The highest BCUT2D eigenvalue weighted by Gasteiger charge is 2.30. The number of H-pyrrole nitrogens is 1. The number of rotatable bonds is 4. The van der Waals surface area contributed by atoms with Crippen molar-refractivity contribution in [2.75, 3.05) is 11.4 Å². The van der Waals surface area contributed by atoms with E-state index in [0.29, 0.717) is 5.92 Å². The SMILES string of the molecule is CCn1cnc2c(N3CCCC[C@H]3c3nc(C(C)C)n[nH]3)ncnc21. The van der Waals surface area contributed by atoms with E-state index in [1.54, 1.807) is 6.33 Å². The Hall–Kier alpha value is -2.51. The zero-order valence-corrected chi connectivity index (χ0v) is 15.0. The Labute approximate surface area is 146 Å². The van der Waals surface area contributed by atoms with Gasteiger partial charge in [-0.1, -0.05) is 13.8 Å². The normalized spacial score (nSPS) is 18.4. The van der Waals surface area contributed by atoms with Gasteiger partial charge in [0.05, 0.1) is 12.4 Å². The van der Waals surface area contributed by atoms with E-state index in [0.717, 1.165) is 54.6 Å². The fourth-order valence-electron chi connectivity index (χ4n) is 3.47. The number of hydrogen-bond donors (Lipinski definition) is 1. The lowest BCUT2D eigenvalue weighted by molar-refractivity contribution is 0.454. The number of nitrogens with zero attached hydrogens (tertiary/aromatic N) is 7. The second-order valence-corrected chi connectivity index (χ2v) is 6.84. The minimum Gasteiger partial charge on any atom is -0.344 e. The molecule has 1 aliphatic heterocycles. The van der Waals surface area contributed by atoms with Crippen LogP contribution < -0.4 is 4.90 Å². The van der Waals surface area contributed by atoms with Gasteiger partial charge in [-0.3, -0.25) is 5.10 Å². The van der Waals surface area contributed by atoms with Gasteiger partial charge in [0.15, 0.2) is 22.8 Å². The van der Waals surface area contributed by atoms with Crippen molar-refractivity contribution < 1.29 is 0 Å². The van der Waals surface area contributed by atoms with Crippen LogP contribution in [-0.4, -0.2) is 41.2 Å². The third-order valence-corrected chi connectivity index (χ3v) is 4.85. The Bertz CT molecular complexity index is 865. The summed E-state index contributed by atoms with van der Waals surface area (Å²) in [6, 6.07) is 0.152. The molecule has 8 heteroatoms. The van der Waals surface area contributed by atoms with Crippen molar-refractivity contribution in [3.8, 4) is 0 Å². The lowest BCUT2D eigenvalue weighted by Crippen LogP contribution is -2.35. The van der Waals surface area contributed by atoms with Crippen LogP contribution in [0.3, 0.4) is 0 Å². The first-order valence-electron chi connectivity index (χ1n) is 9.03. The molecule has 132 valence electrons. The molecule has 1 saturated heterocycles. The third kappa shape index (κ3) is 2.75. The number of nitrogens with one attached hydrogen (secondary N) is 1. The van der Waals surface area contributed by atoms with Crippen LogP contribution in [0.2, 0.25) is 0 Å². The molecule has 0 bridgehead atoms. The minimum absolute atomic E-state index is 0.152. The van der Waals surface area contributed by atoms with E-state index in [4.69, 9.17) is 4.98 Å². The predicted octanol–water partition coefficient (Wildman–Crippen LogP) is 2.82. The Morgan fingerprint density at radius 3 is 2.88 bits per heavy atom. The van der Waals surface area contributed by atoms with Crippen LogP contribution in [0.5, 0.6) is 0 Å². The molecule has 0 aliphatic carbocycles. The van der Waals surface area contributed by atoms with Gasteiger partial charge in [-0.2, -0.15) is 5.10 Å². The van der Waals surface area contributed by atoms with Gasteiger partial charge in [0.2, 0.25) is 0 Å². The van der Waals surface area contributed by atoms with Gasteiger partial charge in [0.1, 0.15) is 12.2 Å². The van der Waals surface area contributed by atoms with Crippen molar-refractivity contribution in [1.29, 1.82) is 0 Å². The molecule has 0 spiro atoms. The summed E-state index contributed by atoms with van der Waals surface area (Å²) in [5.74, 6) is 2.99. The number of aromatic nitrogens is 7. The molecule has 0 amide bonds. The van der Waals surface area contributed by atoms with Crippen LogP contribution in [0.15, 0.2) is 12.7 Å². The highest BCUT2D eigenvalue weighted by Crippen LogP contribution is 2.35. The number of aryl methyl sites for hydroxylation is 1. The zero-order chi connectivity index (χ0) is 17.4. The first-order valence-corrected chi connectivity index (χ1v) is 9.03. The van der Waals surface area contributed by atoms with Gasteiger partial charge in [0, 0.05) is 19.0 Å². The van der Waals surface area contributed by atoms with Crippen LogP contribution in [0.25, 0.3) is 11.2 Å². The Morgan fingerprint density at radius 2 is 2.12 bits per heavy atom. The molecule has 3 aromatic rings. The average Bonchev–Trinajstić information content (AvgIpc) is 3.28. The van der Waals surface area contributed by atoms with Crippen LogP contribution in [0, 0.1) is 0 Å². The fraction of sp³-hybridized carbons (Fsp3) is 0.588. The number of fused-ring (bicyclic) bond motifs is 1. The maximum Gasteiger partial charge on any atom is 0.165 e. The lowest BCUT2D eigenvalue weighted by Gasteiger charge is -2.35. The number of anilines is 1. The van der Waals surface area contributed by atoms with Gasteiger partial charge in [-0.15, -0.1) is 0 Å². The molecule has 0 aromatic carbocycles. The molecule has 1 atom stereocenters. The molecular weight excluding hydrogens is 316 g/mol. The Morgan fingerprint density at radius 1 is 1.24 bits per heavy atom. The van der Waals surface area contributed by atoms with Crippen molar-refractivity contribution in [2.24, 2.45) is 0 Å². The highest BCUT2D eigenvalue weighted by molar-refractivity contribution is 5.83. The number of piperidine rings is 1. The maximum absolute atomic E-state index is 4.73. The molecule has 3 aromatic heterocycles. The van der Waals surface area contributed by atoms with Gasteiger partial charge >= 0.3 is 0 Å². The topological polar surface area (TPSA) is 88.4 Å². The number of imidazole rings is 1. The van der Waals surface area contributed by atoms with E-state index < -0.39 is 0 Å². The molecule has 0 radical (unpaired) electrons. The summed E-state index contributed by atoms with van der Waals surface area (Å²) >= 11 is 0. The number of aromatic amines is 1. The second-order valence-electron chi connectivity index (χ2n) is 6.84. The smallest absolute Gasteiger partial charge is 0.165 e. The average molecular weight is 340 g/mol. The minimum atomic E-state index is 0.152. The second kappa shape index (κ2) is 6.42. The van der Waals surface area contributed by atoms with Gasteiger partial charge < -0.3 is 9.47 Å². The third-order valence-electron chi connectivity index (χ3n) is 4.85. The van der Waals surface area contributed by atoms with Crippen LogP contribution >= 0.6 is 0 Å². The summed E-state index contributed by atoms with van der Waals surface area (Å²) in [5, 5.41) is 7.53. The Kier molecular flexibility index (Phi) is 4.10. The van der Waals surface area contributed by atoms with Crippen molar-refractivity contribution >= 4 is 17.0 Å². The lowest BCUT2D eigenvalue weighted by atomic mass is 10.0. The first-order chi connectivity index (χ1) is 12.2. The maximum atomic E-state index is 4.73. The summed E-state index contributed by atoms with van der Waals surface area (Å²) in [6.07, 6.45) is 6.83.